The molecule has 1 nitrogen and oxygen atoms in total. The summed E-state index contributed by atoms with van der Waals surface area (Å²) in [5.41, 5.74) is 1.42. The van der Waals surface area contributed by atoms with E-state index in [1.165, 1.54) is 12.0 Å². The van der Waals surface area contributed by atoms with Crippen molar-refractivity contribution in [3.05, 3.63) is 34.9 Å². The number of hydrogen-bond acceptors (Lipinski definition) is 1. The molecule has 15 heavy (non-hydrogen) atoms. The molecule has 0 heterocycles. The molecule has 0 aliphatic heterocycles. The molecule has 0 saturated heterocycles. The van der Waals surface area contributed by atoms with E-state index in [1.54, 1.807) is 0 Å². The van der Waals surface area contributed by atoms with Gasteiger partial charge in [0.05, 0.1) is 0 Å². The lowest BCUT2D eigenvalue weighted by Gasteiger charge is -2.06. The highest BCUT2D eigenvalue weighted by molar-refractivity contribution is 6.30. The van der Waals surface area contributed by atoms with Crippen LogP contribution in [0.25, 0.3) is 0 Å². The summed E-state index contributed by atoms with van der Waals surface area (Å²) in [5.74, 6) is 1.44. The monoisotopic (exact) mass is 223 g/mol. The van der Waals surface area contributed by atoms with Crippen molar-refractivity contribution in [2.24, 2.45) is 5.92 Å². The molecule has 82 valence electrons. The molecule has 2 atom stereocenters. The SMILES string of the molecule is CC(C)CNC1CC1c1ccc(Cl)cc1. The maximum absolute atomic E-state index is 5.86. The van der Waals surface area contributed by atoms with Gasteiger partial charge in [0.15, 0.2) is 0 Å². The summed E-state index contributed by atoms with van der Waals surface area (Å²) in [5, 5.41) is 4.41. The Labute approximate surface area is 96.8 Å². The second kappa shape index (κ2) is 4.54. The molecule has 0 bridgehead atoms. The largest absolute Gasteiger partial charge is 0.313 e. The summed E-state index contributed by atoms with van der Waals surface area (Å²) in [4.78, 5) is 0. The van der Waals surface area contributed by atoms with Crippen molar-refractivity contribution in [3.63, 3.8) is 0 Å². The van der Waals surface area contributed by atoms with Gasteiger partial charge in [0, 0.05) is 17.0 Å². The van der Waals surface area contributed by atoms with Crippen LogP contribution in [0.2, 0.25) is 5.02 Å². The van der Waals surface area contributed by atoms with E-state index in [0.29, 0.717) is 12.0 Å². The summed E-state index contributed by atoms with van der Waals surface area (Å²) < 4.78 is 0. The topological polar surface area (TPSA) is 12.0 Å². The van der Waals surface area contributed by atoms with Crippen LogP contribution in [0.3, 0.4) is 0 Å². The van der Waals surface area contributed by atoms with Crippen molar-refractivity contribution in [1.29, 1.82) is 0 Å². The average molecular weight is 224 g/mol. The van der Waals surface area contributed by atoms with Crippen LogP contribution in [0.4, 0.5) is 0 Å². The molecule has 1 fully saturated rings. The first-order valence-corrected chi connectivity index (χ1v) is 6.03. The first-order valence-electron chi connectivity index (χ1n) is 5.65. The van der Waals surface area contributed by atoms with Gasteiger partial charge in [-0.25, -0.2) is 0 Å². The Hall–Kier alpha value is -0.530. The predicted molar refractivity (Wildman–Crippen MR) is 65.4 cm³/mol. The average Bonchev–Trinajstić information content (AvgIpc) is 2.95. The van der Waals surface area contributed by atoms with E-state index in [1.807, 2.05) is 12.1 Å². The highest BCUT2D eigenvalue weighted by atomic mass is 35.5. The summed E-state index contributed by atoms with van der Waals surface area (Å²) in [6, 6.07) is 8.94. The summed E-state index contributed by atoms with van der Waals surface area (Å²) >= 11 is 5.86. The van der Waals surface area contributed by atoms with Gasteiger partial charge in [0.25, 0.3) is 0 Å². The van der Waals surface area contributed by atoms with Crippen LogP contribution in [0.1, 0.15) is 31.7 Å². The third-order valence-electron chi connectivity index (χ3n) is 2.88. The third kappa shape index (κ3) is 2.96. The molecule has 1 N–H and O–H groups in total. The van der Waals surface area contributed by atoms with Crippen LogP contribution in [-0.2, 0) is 0 Å². The Morgan fingerprint density at radius 2 is 2.00 bits per heavy atom. The summed E-state index contributed by atoms with van der Waals surface area (Å²) in [6.07, 6.45) is 1.27. The fraction of sp³-hybridized carbons (Fsp3) is 0.538. The van der Waals surface area contributed by atoms with Crippen molar-refractivity contribution in [1.82, 2.24) is 5.32 Å². The van der Waals surface area contributed by atoms with E-state index < -0.39 is 0 Å². The molecule has 2 rings (SSSR count). The molecule has 1 aliphatic rings. The van der Waals surface area contributed by atoms with Crippen molar-refractivity contribution >= 4 is 11.6 Å². The third-order valence-corrected chi connectivity index (χ3v) is 3.13. The van der Waals surface area contributed by atoms with Gasteiger partial charge in [-0.1, -0.05) is 37.6 Å². The van der Waals surface area contributed by atoms with Crippen molar-refractivity contribution in [2.75, 3.05) is 6.54 Å². The fourth-order valence-corrected chi connectivity index (χ4v) is 2.01. The Morgan fingerprint density at radius 1 is 1.33 bits per heavy atom. The molecule has 1 aromatic rings. The predicted octanol–water partition coefficient (Wildman–Crippen LogP) is 3.44. The molecule has 1 saturated carbocycles. The molecular weight excluding hydrogens is 206 g/mol. The molecular formula is C13H18ClN. The lowest BCUT2D eigenvalue weighted by molar-refractivity contribution is 0.545. The Kier molecular flexibility index (Phi) is 3.32. The van der Waals surface area contributed by atoms with Crippen LogP contribution < -0.4 is 5.32 Å². The highest BCUT2D eigenvalue weighted by Crippen LogP contribution is 2.40. The van der Waals surface area contributed by atoms with E-state index >= 15 is 0 Å². The standard InChI is InChI=1S/C13H18ClN/c1-9(2)8-15-13-7-12(13)10-3-5-11(14)6-4-10/h3-6,9,12-13,15H,7-8H2,1-2H3. The molecule has 2 unspecified atom stereocenters. The zero-order chi connectivity index (χ0) is 10.8. The fourth-order valence-electron chi connectivity index (χ4n) is 1.89. The molecule has 0 aromatic heterocycles. The Balaban J connectivity index is 1.85. The summed E-state index contributed by atoms with van der Waals surface area (Å²) in [6.45, 7) is 5.61. The zero-order valence-electron chi connectivity index (χ0n) is 9.33. The highest BCUT2D eigenvalue weighted by Gasteiger charge is 2.37. The van der Waals surface area contributed by atoms with E-state index in [2.05, 4.69) is 31.3 Å². The number of benzene rings is 1. The minimum Gasteiger partial charge on any atom is -0.313 e. The van der Waals surface area contributed by atoms with Crippen LogP contribution in [0.15, 0.2) is 24.3 Å². The minimum absolute atomic E-state index is 0.688. The van der Waals surface area contributed by atoms with E-state index in [9.17, 15) is 0 Å². The van der Waals surface area contributed by atoms with Crippen molar-refractivity contribution < 1.29 is 0 Å². The minimum atomic E-state index is 0.688. The van der Waals surface area contributed by atoms with Gasteiger partial charge in [-0.2, -0.15) is 0 Å². The quantitative estimate of drug-likeness (QED) is 0.825. The van der Waals surface area contributed by atoms with Crippen LogP contribution in [0.5, 0.6) is 0 Å². The Morgan fingerprint density at radius 3 is 2.60 bits per heavy atom. The smallest absolute Gasteiger partial charge is 0.0406 e. The molecule has 1 aromatic carbocycles. The molecule has 1 aliphatic carbocycles. The molecule has 2 heteroatoms. The van der Waals surface area contributed by atoms with Gasteiger partial charge in [0.1, 0.15) is 0 Å². The maximum atomic E-state index is 5.86. The van der Waals surface area contributed by atoms with Gasteiger partial charge in [-0.3, -0.25) is 0 Å². The van der Waals surface area contributed by atoms with E-state index in [4.69, 9.17) is 11.6 Å². The lowest BCUT2D eigenvalue weighted by atomic mass is 10.1. The normalized spacial score (nSPS) is 24.5. The number of halogens is 1. The van der Waals surface area contributed by atoms with Gasteiger partial charge < -0.3 is 5.32 Å². The maximum Gasteiger partial charge on any atom is 0.0406 e. The van der Waals surface area contributed by atoms with Crippen LogP contribution in [0, 0.1) is 5.92 Å². The molecule has 0 amide bonds. The first kappa shape index (κ1) is 11.0. The molecule has 0 spiro atoms. The van der Waals surface area contributed by atoms with E-state index in [-0.39, 0.29) is 0 Å². The first-order chi connectivity index (χ1) is 7.16. The number of hydrogen-bond donors (Lipinski definition) is 1. The van der Waals surface area contributed by atoms with Gasteiger partial charge >= 0.3 is 0 Å². The number of nitrogens with one attached hydrogen (secondary N) is 1. The van der Waals surface area contributed by atoms with Gasteiger partial charge in [0.2, 0.25) is 0 Å². The van der Waals surface area contributed by atoms with Crippen molar-refractivity contribution in [3.8, 4) is 0 Å². The second-order valence-corrected chi connectivity index (χ2v) is 5.24. The van der Waals surface area contributed by atoms with Crippen molar-refractivity contribution in [2.45, 2.75) is 32.2 Å². The van der Waals surface area contributed by atoms with Crippen LogP contribution in [-0.4, -0.2) is 12.6 Å². The van der Waals surface area contributed by atoms with E-state index in [0.717, 1.165) is 17.5 Å². The Bertz CT molecular complexity index is 318. The van der Waals surface area contributed by atoms with Gasteiger partial charge in [-0.05, 0) is 36.6 Å². The van der Waals surface area contributed by atoms with Crippen LogP contribution >= 0.6 is 11.6 Å². The summed E-state index contributed by atoms with van der Waals surface area (Å²) in [7, 11) is 0. The zero-order valence-corrected chi connectivity index (χ0v) is 10.1. The second-order valence-electron chi connectivity index (χ2n) is 4.80. The lowest BCUT2D eigenvalue weighted by Crippen LogP contribution is -2.22. The number of rotatable bonds is 4. The molecule has 0 radical (unpaired) electrons. The van der Waals surface area contributed by atoms with Gasteiger partial charge in [-0.15, -0.1) is 0 Å².